The van der Waals surface area contributed by atoms with Gasteiger partial charge in [0.25, 0.3) is 0 Å². The summed E-state index contributed by atoms with van der Waals surface area (Å²) in [5, 5.41) is 5.73. The van der Waals surface area contributed by atoms with Gasteiger partial charge in [-0.05, 0) is 31.4 Å². The first-order valence-corrected chi connectivity index (χ1v) is 12.8. The minimum absolute atomic E-state index is 0.00514. The van der Waals surface area contributed by atoms with Gasteiger partial charge in [-0.3, -0.25) is 0 Å². The molecule has 1 aliphatic rings. The van der Waals surface area contributed by atoms with E-state index in [0.717, 1.165) is 11.6 Å². The Labute approximate surface area is 156 Å². The third-order valence-corrected chi connectivity index (χ3v) is 6.12. The van der Waals surface area contributed by atoms with Gasteiger partial charge in [0, 0.05) is 19.7 Å². The first-order valence-electron chi connectivity index (χ1n) is 9.07. The number of carbonyl (C=O) groups excluding carboxylic acids is 2. The van der Waals surface area contributed by atoms with E-state index in [1.54, 1.807) is 0 Å². The van der Waals surface area contributed by atoms with Crippen molar-refractivity contribution < 1.29 is 19.1 Å². The zero-order valence-electron chi connectivity index (χ0n) is 16.1. The molecule has 1 aromatic rings. The average Bonchev–Trinajstić information content (AvgIpc) is 2.51. The summed E-state index contributed by atoms with van der Waals surface area (Å²) in [4.78, 5) is 23.7. The maximum Gasteiger partial charge on any atom is 0.407 e. The summed E-state index contributed by atoms with van der Waals surface area (Å²) >= 11 is 0. The molecule has 0 heterocycles. The van der Waals surface area contributed by atoms with Crippen molar-refractivity contribution in [2.45, 2.75) is 63.6 Å². The standard InChI is InChI=1S/C19H30N2O4Si/c1-19(21-18(23)24-10-11-26(2,3)4)12-16(13-19)20-17(22)25-14-15-8-6-5-7-9-15/h5-9,16H,10-14H2,1-4H3,(H,20,22)(H,21,23). The molecule has 6 nitrogen and oxygen atoms in total. The van der Waals surface area contributed by atoms with Crippen LogP contribution in [0.4, 0.5) is 9.59 Å². The third kappa shape index (κ3) is 7.07. The van der Waals surface area contributed by atoms with Gasteiger partial charge in [-0.2, -0.15) is 0 Å². The summed E-state index contributed by atoms with van der Waals surface area (Å²) in [5.41, 5.74) is 0.608. The number of hydrogen-bond acceptors (Lipinski definition) is 4. The Morgan fingerprint density at radius 1 is 1.12 bits per heavy atom. The fourth-order valence-electron chi connectivity index (χ4n) is 2.90. The molecule has 0 bridgehead atoms. The van der Waals surface area contributed by atoms with Crippen LogP contribution in [0, 0.1) is 0 Å². The highest BCUT2D eigenvalue weighted by molar-refractivity contribution is 6.76. The van der Waals surface area contributed by atoms with Crippen LogP contribution in [-0.4, -0.2) is 38.4 Å². The molecule has 0 spiro atoms. The van der Waals surface area contributed by atoms with Crippen LogP contribution in [0.5, 0.6) is 0 Å². The van der Waals surface area contributed by atoms with Gasteiger partial charge in [-0.25, -0.2) is 9.59 Å². The van der Waals surface area contributed by atoms with Crippen LogP contribution in [0.2, 0.25) is 25.7 Å². The molecule has 0 aromatic heterocycles. The molecule has 1 fully saturated rings. The molecule has 0 atom stereocenters. The van der Waals surface area contributed by atoms with Gasteiger partial charge >= 0.3 is 12.2 Å². The van der Waals surface area contributed by atoms with Crippen molar-refractivity contribution in [2.24, 2.45) is 0 Å². The van der Waals surface area contributed by atoms with Crippen molar-refractivity contribution in [3.05, 3.63) is 35.9 Å². The van der Waals surface area contributed by atoms with Crippen molar-refractivity contribution >= 4 is 20.3 Å². The lowest BCUT2D eigenvalue weighted by atomic mass is 9.74. The van der Waals surface area contributed by atoms with E-state index in [9.17, 15) is 9.59 Å². The lowest BCUT2D eigenvalue weighted by molar-refractivity contribution is 0.0943. The normalized spacial score (nSPS) is 22.1. The highest BCUT2D eigenvalue weighted by Crippen LogP contribution is 2.32. The van der Waals surface area contributed by atoms with Crippen molar-refractivity contribution in [3.8, 4) is 0 Å². The molecule has 1 aliphatic carbocycles. The second-order valence-corrected chi connectivity index (χ2v) is 14.1. The molecule has 2 N–H and O–H groups in total. The van der Waals surface area contributed by atoms with Gasteiger partial charge in [0.2, 0.25) is 0 Å². The smallest absolute Gasteiger partial charge is 0.407 e. The highest BCUT2D eigenvalue weighted by Gasteiger charge is 2.42. The van der Waals surface area contributed by atoms with Crippen LogP contribution in [-0.2, 0) is 16.1 Å². The minimum Gasteiger partial charge on any atom is -0.450 e. The molecule has 1 saturated carbocycles. The Kier molecular flexibility index (Phi) is 6.69. The zero-order valence-corrected chi connectivity index (χ0v) is 17.1. The number of benzene rings is 1. The van der Waals surface area contributed by atoms with Gasteiger partial charge in [-0.1, -0.05) is 50.0 Å². The fourth-order valence-corrected chi connectivity index (χ4v) is 3.61. The van der Waals surface area contributed by atoms with Crippen LogP contribution >= 0.6 is 0 Å². The molecule has 1 aromatic carbocycles. The Morgan fingerprint density at radius 3 is 2.38 bits per heavy atom. The molecule has 0 saturated heterocycles. The van der Waals surface area contributed by atoms with Gasteiger partial charge in [0.1, 0.15) is 6.61 Å². The Bertz CT molecular complexity index is 610. The summed E-state index contributed by atoms with van der Waals surface area (Å²) in [6.07, 6.45) is 0.516. The number of alkyl carbamates (subject to hydrolysis) is 2. The van der Waals surface area contributed by atoms with Crippen LogP contribution < -0.4 is 10.6 Å². The molecule has 2 amide bonds. The van der Waals surface area contributed by atoms with Crippen molar-refractivity contribution in [2.75, 3.05) is 6.61 Å². The van der Waals surface area contributed by atoms with Crippen LogP contribution in [0.25, 0.3) is 0 Å². The summed E-state index contributed by atoms with van der Waals surface area (Å²) in [6, 6.07) is 10.5. The first kappa shape index (κ1) is 20.3. The van der Waals surface area contributed by atoms with Gasteiger partial charge in [0.15, 0.2) is 0 Å². The van der Waals surface area contributed by atoms with E-state index in [2.05, 4.69) is 30.3 Å². The van der Waals surface area contributed by atoms with E-state index in [-0.39, 0.29) is 24.3 Å². The van der Waals surface area contributed by atoms with Gasteiger partial charge in [0.05, 0.1) is 6.61 Å². The predicted octanol–water partition coefficient (Wildman–Crippen LogP) is 3.90. The first-order chi connectivity index (χ1) is 12.2. The summed E-state index contributed by atoms with van der Waals surface area (Å²) in [7, 11) is -1.21. The predicted molar refractivity (Wildman–Crippen MR) is 104 cm³/mol. The summed E-state index contributed by atoms with van der Waals surface area (Å²) in [5.74, 6) is 0. The molecular weight excluding hydrogens is 348 g/mol. The van der Waals surface area contributed by atoms with Crippen molar-refractivity contribution in [1.29, 1.82) is 0 Å². The molecule has 144 valence electrons. The average molecular weight is 379 g/mol. The maximum atomic E-state index is 11.9. The number of carbonyl (C=O) groups is 2. The Balaban J connectivity index is 1.62. The number of hydrogen-bond donors (Lipinski definition) is 2. The van der Waals surface area contributed by atoms with E-state index >= 15 is 0 Å². The molecule has 0 aliphatic heterocycles. The molecule has 7 heteroatoms. The van der Waals surface area contributed by atoms with E-state index in [4.69, 9.17) is 9.47 Å². The van der Waals surface area contributed by atoms with Crippen LogP contribution in [0.1, 0.15) is 25.3 Å². The molecule has 26 heavy (non-hydrogen) atoms. The minimum atomic E-state index is -1.21. The van der Waals surface area contributed by atoms with Crippen LogP contribution in [0.3, 0.4) is 0 Å². The van der Waals surface area contributed by atoms with E-state index in [1.165, 1.54) is 0 Å². The number of nitrogens with one attached hydrogen (secondary N) is 2. The van der Waals surface area contributed by atoms with E-state index in [1.807, 2.05) is 37.3 Å². The van der Waals surface area contributed by atoms with Crippen molar-refractivity contribution in [3.63, 3.8) is 0 Å². The highest BCUT2D eigenvalue weighted by atomic mass is 28.3. The molecular formula is C19H30N2O4Si. The quantitative estimate of drug-likeness (QED) is 0.706. The SMILES string of the molecule is CC1(NC(=O)OCC[Si](C)(C)C)CC(NC(=O)OCc2ccccc2)C1. The summed E-state index contributed by atoms with van der Waals surface area (Å²) < 4.78 is 10.5. The molecule has 0 radical (unpaired) electrons. The van der Waals surface area contributed by atoms with E-state index in [0.29, 0.717) is 19.4 Å². The topological polar surface area (TPSA) is 76.7 Å². The van der Waals surface area contributed by atoms with Crippen molar-refractivity contribution in [1.82, 2.24) is 10.6 Å². The Morgan fingerprint density at radius 2 is 1.77 bits per heavy atom. The molecule has 2 rings (SSSR count). The van der Waals surface area contributed by atoms with Gasteiger partial charge in [-0.15, -0.1) is 0 Å². The zero-order chi connectivity index (χ0) is 19.2. The Hall–Kier alpha value is -2.02. The second-order valence-electron chi connectivity index (χ2n) is 8.44. The lowest BCUT2D eigenvalue weighted by Crippen LogP contribution is -2.62. The summed E-state index contributed by atoms with van der Waals surface area (Å²) in [6.45, 7) is 9.40. The fraction of sp³-hybridized carbons (Fsp3) is 0.579. The number of amides is 2. The number of ether oxygens (including phenoxy) is 2. The molecule has 0 unspecified atom stereocenters. The lowest BCUT2D eigenvalue weighted by Gasteiger charge is -2.45. The second kappa shape index (κ2) is 8.57. The monoisotopic (exact) mass is 378 g/mol. The maximum absolute atomic E-state index is 11.9. The third-order valence-electron chi connectivity index (χ3n) is 4.42. The van der Waals surface area contributed by atoms with Gasteiger partial charge < -0.3 is 20.1 Å². The van der Waals surface area contributed by atoms with Crippen LogP contribution in [0.15, 0.2) is 30.3 Å². The number of rotatable bonds is 7. The largest absolute Gasteiger partial charge is 0.450 e. The van der Waals surface area contributed by atoms with E-state index < -0.39 is 14.2 Å².